The topological polar surface area (TPSA) is 127 Å². The Bertz CT molecular complexity index is 1220. The molecule has 0 amide bonds. The Hall–Kier alpha value is -2.06. The molecule has 0 unspecified atom stereocenters. The van der Waals surface area contributed by atoms with Crippen LogP contribution in [-0.4, -0.2) is 131 Å². The second kappa shape index (κ2) is 17.0. The number of rotatable bonds is 10. The zero-order valence-corrected chi connectivity index (χ0v) is 31.7. The number of esters is 1. The van der Waals surface area contributed by atoms with Crippen LogP contribution < -0.4 is 0 Å². The molecule has 3 aliphatic rings. The number of likely N-dealkylation sites (N-methyl/N-ethyl adjacent to an activating group) is 1. The number of cyclic esters (lactones) is 1. The summed E-state index contributed by atoms with van der Waals surface area (Å²) >= 11 is 0. The van der Waals surface area contributed by atoms with Crippen LogP contribution in [0.4, 0.5) is 0 Å². The normalized spacial score (nSPS) is 35.3. The molecule has 0 bridgehead atoms. The van der Waals surface area contributed by atoms with Crippen LogP contribution in [0.1, 0.15) is 91.8 Å². The lowest BCUT2D eigenvalue weighted by atomic mass is 9.74. The lowest BCUT2D eigenvalue weighted by molar-refractivity contribution is -0.295. The number of ether oxygens (including phenoxy) is 4. The van der Waals surface area contributed by atoms with E-state index >= 15 is 0 Å². The maximum atomic E-state index is 14.3. The summed E-state index contributed by atoms with van der Waals surface area (Å²) < 4.78 is 25.2. The molecule has 4 rings (SSSR count). The predicted molar refractivity (Wildman–Crippen MR) is 186 cm³/mol. The smallest absolute Gasteiger partial charge is 0.319 e. The third-order valence-electron chi connectivity index (χ3n) is 11.0. The fourth-order valence-corrected chi connectivity index (χ4v) is 8.18. The number of carbonyl (C=O) groups excluding carboxylic acids is 2. The number of ketones is 1. The molecule has 1 aromatic rings. The van der Waals surface area contributed by atoms with Gasteiger partial charge in [-0.1, -0.05) is 20.8 Å². The highest BCUT2D eigenvalue weighted by molar-refractivity contribution is 6.04. The van der Waals surface area contributed by atoms with Crippen molar-refractivity contribution in [2.75, 3.05) is 47.4 Å². The fraction of sp³-hybridized carbons (Fsp3) is 0.838. The molecule has 2 fully saturated rings. The summed E-state index contributed by atoms with van der Waals surface area (Å²) in [6, 6.07) is -0.182. The van der Waals surface area contributed by atoms with Crippen molar-refractivity contribution in [3.63, 3.8) is 0 Å². The third-order valence-corrected chi connectivity index (χ3v) is 11.0. The number of methoxy groups -OCH3 is 1. The van der Waals surface area contributed by atoms with Gasteiger partial charge in [0, 0.05) is 56.5 Å². The van der Waals surface area contributed by atoms with Crippen molar-refractivity contribution < 1.29 is 33.6 Å². The average Bonchev–Trinajstić information content (AvgIpc) is 3.47. The van der Waals surface area contributed by atoms with E-state index in [9.17, 15) is 14.7 Å². The first-order chi connectivity index (χ1) is 23.1. The van der Waals surface area contributed by atoms with Crippen LogP contribution in [0.5, 0.6) is 0 Å². The van der Waals surface area contributed by atoms with E-state index in [2.05, 4.69) is 33.6 Å². The van der Waals surface area contributed by atoms with Crippen molar-refractivity contribution >= 4 is 11.8 Å². The van der Waals surface area contributed by atoms with Crippen LogP contribution in [-0.2, 0) is 41.6 Å². The minimum Gasteiger partial charge on any atom is -0.463 e. The Kier molecular flexibility index (Phi) is 13.8. The Morgan fingerprint density at radius 3 is 2.51 bits per heavy atom. The second-order valence-corrected chi connectivity index (χ2v) is 15.8. The molecule has 3 aliphatic heterocycles. The van der Waals surface area contributed by atoms with E-state index in [4.69, 9.17) is 18.9 Å². The summed E-state index contributed by atoms with van der Waals surface area (Å²) in [5.74, 6) is -1.45. The molecular formula is C37H63N5O7. The van der Waals surface area contributed by atoms with Crippen molar-refractivity contribution in [1.29, 1.82) is 0 Å². The summed E-state index contributed by atoms with van der Waals surface area (Å²) in [7, 11) is 5.51. The summed E-state index contributed by atoms with van der Waals surface area (Å²) in [6.07, 6.45) is 4.62. The molecule has 0 aliphatic carbocycles. The minimum atomic E-state index is -1.43. The maximum Gasteiger partial charge on any atom is 0.319 e. The second-order valence-electron chi connectivity index (χ2n) is 15.8. The van der Waals surface area contributed by atoms with E-state index in [0.717, 1.165) is 57.7 Å². The van der Waals surface area contributed by atoms with Gasteiger partial charge < -0.3 is 29.0 Å². The molecule has 49 heavy (non-hydrogen) atoms. The number of hydrogen-bond donors (Lipinski definition) is 1. The molecule has 9 atom stereocenters. The Labute approximate surface area is 294 Å². The number of Topliss-reactive ketones (excluding diaryl/α,β-unsaturated/α-hetero) is 1. The molecule has 4 heterocycles. The number of fused-ring (bicyclic) bond motifs is 1. The van der Waals surface area contributed by atoms with E-state index in [1.165, 1.54) is 5.56 Å². The van der Waals surface area contributed by atoms with Gasteiger partial charge in [0.15, 0.2) is 12.1 Å². The quantitative estimate of drug-likeness (QED) is 0.285. The lowest BCUT2D eigenvalue weighted by Crippen LogP contribution is -2.59. The number of carbonyl (C=O) groups is 2. The molecule has 2 saturated heterocycles. The zero-order chi connectivity index (χ0) is 36.1. The Balaban J connectivity index is 1.59. The number of hydrogen-bond acceptors (Lipinski definition) is 12. The van der Waals surface area contributed by atoms with Crippen molar-refractivity contribution in [1.82, 2.24) is 24.7 Å². The Morgan fingerprint density at radius 1 is 1.12 bits per heavy atom. The van der Waals surface area contributed by atoms with E-state index in [-0.39, 0.29) is 36.5 Å². The van der Waals surface area contributed by atoms with Gasteiger partial charge in [-0.25, -0.2) is 9.97 Å². The number of aliphatic hydroxyl groups excluding tert-OH is 1. The van der Waals surface area contributed by atoms with Gasteiger partial charge in [-0.05, 0) is 92.9 Å². The maximum absolute atomic E-state index is 14.3. The first-order valence-corrected chi connectivity index (χ1v) is 18.3. The van der Waals surface area contributed by atoms with Gasteiger partial charge in [0.05, 0.1) is 23.5 Å². The minimum absolute atomic E-state index is 0.00344. The van der Waals surface area contributed by atoms with Crippen LogP contribution in [0.15, 0.2) is 12.5 Å². The molecule has 0 spiro atoms. The zero-order valence-electron chi connectivity index (χ0n) is 31.7. The van der Waals surface area contributed by atoms with Crippen LogP contribution >= 0.6 is 0 Å². The van der Waals surface area contributed by atoms with E-state index in [1.807, 2.05) is 39.0 Å². The molecule has 0 aromatic carbocycles. The van der Waals surface area contributed by atoms with Gasteiger partial charge in [0.2, 0.25) is 0 Å². The first-order valence-electron chi connectivity index (χ1n) is 18.3. The number of nitrogens with zero attached hydrogens (tertiary/aromatic N) is 5. The monoisotopic (exact) mass is 689 g/mol. The standard InChI is InChI=1S/C37H63N5O7/c1-11-14-42-19-24(2)17-37(7,46-10)33(49-34-31(43)30(40(8)9)16-25(3)48-34)26(4)32(44)36(5,6)35(45)47-22-28(42)13-12-15-41-20-27-18-38-23-39-29(27)21-41/h18,23-26,28,30-31,33-34,43H,11-17,19-22H2,1-10H3/t24-,25-,26+,28-,30+,31-,33-,34+,37-/m1/s1. The highest BCUT2D eigenvalue weighted by Crippen LogP contribution is 2.38. The molecule has 0 saturated carbocycles. The molecule has 12 heteroatoms. The SMILES string of the molecule is CCCN1C[C@H](C)C[C@@](C)(OC)[C@H](O[C@@H]2O[C@H](C)C[C@H](N(C)C)[C@H]2O)[C@@H](C)C(=O)C(C)(C)C(=O)OC[C@H]1CCCN1Cc2cncnc2C1. The average molecular weight is 690 g/mol. The summed E-state index contributed by atoms with van der Waals surface area (Å²) in [6.45, 7) is 17.8. The van der Waals surface area contributed by atoms with Gasteiger partial charge in [-0.2, -0.15) is 0 Å². The van der Waals surface area contributed by atoms with Gasteiger partial charge in [0.1, 0.15) is 24.5 Å². The lowest BCUT2D eigenvalue weighted by Gasteiger charge is -2.47. The number of aliphatic hydroxyl groups is 1. The van der Waals surface area contributed by atoms with Crippen molar-refractivity contribution in [2.24, 2.45) is 17.3 Å². The fourth-order valence-electron chi connectivity index (χ4n) is 8.18. The summed E-state index contributed by atoms with van der Waals surface area (Å²) in [5, 5.41) is 11.4. The largest absolute Gasteiger partial charge is 0.463 e. The van der Waals surface area contributed by atoms with Gasteiger partial charge in [-0.3, -0.25) is 19.4 Å². The molecular weight excluding hydrogens is 626 g/mol. The van der Waals surface area contributed by atoms with Gasteiger partial charge in [-0.15, -0.1) is 0 Å². The highest BCUT2D eigenvalue weighted by atomic mass is 16.7. The predicted octanol–water partition coefficient (Wildman–Crippen LogP) is 3.68. The van der Waals surface area contributed by atoms with Gasteiger partial charge >= 0.3 is 5.97 Å². The van der Waals surface area contributed by atoms with Crippen LogP contribution in [0.2, 0.25) is 0 Å². The van der Waals surface area contributed by atoms with Crippen molar-refractivity contribution in [2.45, 2.75) is 136 Å². The molecule has 12 nitrogen and oxygen atoms in total. The van der Waals surface area contributed by atoms with Crippen molar-refractivity contribution in [3.05, 3.63) is 23.8 Å². The molecule has 1 N–H and O–H groups in total. The van der Waals surface area contributed by atoms with E-state index in [0.29, 0.717) is 12.8 Å². The van der Waals surface area contributed by atoms with E-state index in [1.54, 1.807) is 34.2 Å². The summed E-state index contributed by atoms with van der Waals surface area (Å²) in [4.78, 5) is 43.5. The van der Waals surface area contributed by atoms with Crippen LogP contribution in [0, 0.1) is 17.3 Å². The van der Waals surface area contributed by atoms with Crippen LogP contribution in [0.25, 0.3) is 0 Å². The number of aromatic nitrogens is 2. The molecule has 278 valence electrons. The summed E-state index contributed by atoms with van der Waals surface area (Å²) in [5.41, 5.74) is -0.0839. The third kappa shape index (κ3) is 9.44. The first kappa shape index (κ1) is 39.7. The highest BCUT2D eigenvalue weighted by Gasteiger charge is 2.51. The Morgan fingerprint density at radius 2 is 1.86 bits per heavy atom. The molecule has 0 radical (unpaired) electrons. The van der Waals surface area contributed by atoms with E-state index < -0.39 is 41.4 Å². The van der Waals surface area contributed by atoms with Crippen LogP contribution in [0.3, 0.4) is 0 Å². The van der Waals surface area contributed by atoms with Crippen molar-refractivity contribution in [3.8, 4) is 0 Å². The molecule has 1 aromatic heterocycles. The van der Waals surface area contributed by atoms with Gasteiger partial charge in [0.25, 0.3) is 0 Å².